The number of benzene rings is 1. The third-order valence-electron chi connectivity index (χ3n) is 2.48. The molecule has 3 heteroatoms. The van der Waals surface area contributed by atoms with E-state index in [4.69, 9.17) is 0 Å². The fourth-order valence-corrected chi connectivity index (χ4v) is 1.63. The Kier molecular flexibility index (Phi) is 2.31. The molecule has 2 rings (SSSR count). The molecule has 3 nitrogen and oxygen atoms in total. The lowest BCUT2D eigenvalue weighted by atomic mass is 10.1. The number of carbonyl (C=O) groups is 1. The van der Waals surface area contributed by atoms with Crippen molar-refractivity contribution in [1.82, 2.24) is 9.78 Å². The Balaban J connectivity index is 2.70. The normalized spacial score (nSPS) is 11.2. The van der Waals surface area contributed by atoms with Crippen molar-refractivity contribution in [1.29, 1.82) is 0 Å². The second-order valence-corrected chi connectivity index (χ2v) is 4.00. The lowest BCUT2D eigenvalue weighted by molar-refractivity contribution is 0.101. The molecule has 1 heterocycles. The summed E-state index contributed by atoms with van der Waals surface area (Å²) in [6, 6.07) is 5.96. The molecule has 78 valence electrons. The first kappa shape index (κ1) is 9.90. The molecule has 0 atom stereocenters. The van der Waals surface area contributed by atoms with Crippen LogP contribution in [0.2, 0.25) is 0 Å². The maximum Gasteiger partial charge on any atom is 0.160 e. The van der Waals surface area contributed by atoms with Gasteiger partial charge in [0.2, 0.25) is 0 Å². The predicted octanol–water partition coefficient (Wildman–Crippen LogP) is 2.82. The molecule has 0 unspecified atom stereocenters. The van der Waals surface area contributed by atoms with Crippen LogP contribution in [-0.4, -0.2) is 15.6 Å². The Labute approximate surface area is 88.7 Å². The van der Waals surface area contributed by atoms with E-state index in [0.717, 1.165) is 16.5 Å². The van der Waals surface area contributed by atoms with Gasteiger partial charge in [0.15, 0.2) is 5.78 Å². The second-order valence-electron chi connectivity index (χ2n) is 4.00. The largest absolute Gasteiger partial charge is 0.294 e. The van der Waals surface area contributed by atoms with E-state index in [2.05, 4.69) is 18.9 Å². The minimum Gasteiger partial charge on any atom is -0.294 e. The molecule has 0 amide bonds. The lowest BCUT2D eigenvalue weighted by Crippen LogP contribution is -1.99. The first-order valence-electron chi connectivity index (χ1n) is 5.08. The van der Waals surface area contributed by atoms with Gasteiger partial charge in [-0.1, -0.05) is 12.1 Å². The van der Waals surface area contributed by atoms with Gasteiger partial charge in [0.25, 0.3) is 0 Å². The molecule has 0 N–H and O–H groups in total. The van der Waals surface area contributed by atoms with E-state index in [9.17, 15) is 4.79 Å². The van der Waals surface area contributed by atoms with Crippen molar-refractivity contribution < 1.29 is 4.79 Å². The predicted molar refractivity (Wildman–Crippen MR) is 60.1 cm³/mol. The Morgan fingerprint density at radius 3 is 2.73 bits per heavy atom. The first-order chi connectivity index (χ1) is 7.09. The summed E-state index contributed by atoms with van der Waals surface area (Å²) in [5.74, 6) is 0.0870. The van der Waals surface area contributed by atoms with Crippen LogP contribution in [0.15, 0.2) is 24.4 Å². The summed E-state index contributed by atoms with van der Waals surface area (Å²) in [5.41, 5.74) is 1.64. The number of rotatable bonds is 2. The fourth-order valence-electron chi connectivity index (χ4n) is 1.63. The van der Waals surface area contributed by atoms with Crippen LogP contribution in [0.3, 0.4) is 0 Å². The van der Waals surface area contributed by atoms with Gasteiger partial charge in [-0.25, -0.2) is 0 Å². The van der Waals surface area contributed by atoms with E-state index in [0.29, 0.717) is 6.04 Å². The summed E-state index contributed by atoms with van der Waals surface area (Å²) in [6.07, 6.45) is 1.94. The zero-order valence-electron chi connectivity index (χ0n) is 9.19. The molecule has 2 aromatic rings. The molecule has 0 radical (unpaired) electrons. The monoisotopic (exact) mass is 202 g/mol. The summed E-state index contributed by atoms with van der Waals surface area (Å²) in [6.45, 7) is 5.72. The first-order valence-corrected chi connectivity index (χ1v) is 5.08. The molecule has 15 heavy (non-hydrogen) atoms. The van der Waals surface area contributed by atoms with Gasteiger partial charge in [0.1, 0.15) is 0 Å². The number of carbonyl (C=O) groups excluding carboxylic acids is 1. The summed E-state index contributed by atoms with van der Waals surface area (Å²) in [5, 5.41) is 5.36. The van der Waals surface area contributed by atoms with Gasteiger partial charge < -0.3 is 0 Å². The molecule has 0 aliphatic carbocycles. The summed E-state index contributed by atoms with van der Waals surface area (Å²) >= 11 is 0. The molecule has 0 spiro atoms. The Morgan fingerprint density at radius 2 is 2.13 bits per heavy atom. The maximum absolute atomic E-state index is 11.4. The van der Waals surface area contributed by atoms with Gasteiger partial charge >= 0.3 is 0 Å². The molecule has 0 bridgehead atoms. The highest BCUT2D eigenvalue weighted by Crippen LogP contribution is 2.19. The third kappa shape index (κ3) is 1.65. The van der Waals surface area contributed by atoms with Gasteiger partial charge in [0, 0.05) is 23.2 Å². The molecule has 0 saturated carbocycles. The average Bonchev–Trinajstić information content (AvgIpc) is 2.60. The molecule has 0 fully saturated rings. The van der Waals surface area contributed by atoms with Crippen LogP contribution >= 0.6 is 0 Å². The highest BCUT2D eigenvalue weighted by Gasteiger charge is 2.09. The maximum atomic E-state index is 11.4. The van der Waals surface area contributed by atoms with Gasteiger partial charge in [0.05, 0.1) is 5.52 Å². The zero-order valence-corrected chi connectivity index (χ0v) is 9.19. The summed E-state index contributed by atoms with van der Waals surface area (Å²) < 4.78 is 1.89. The van der Waals surface area contributed by atoms with E-state index in [1.807, 2.05) is 29.1 Å². The van der Waals surface area contributed by atoms with E-state index in [1.54, 1.807) is 6.92 Å². The number of hydrogen-bond acceptors (Lipinski definition) is 2. The second kappa shape index (κ2) is 3.50. The number of fused-ring (bicyclic) bond motifs is 1. The Bertz CT molecular complexity index is 511. The van der Waals surface area contributed by atoms with Crippen molar-refractivity contribution in [2.45, 2.75) is 26.8 Å². The minimum absolute atomic E-state index is 0.0870. The number of Topliss-reactive ketones (excluding diaryl/α,β-unsaturated/α-hetero) is 1. The average molecular weight is 202 g/mol. The van der Waals surface area contributed by atoms with Gasteiger partial charge in [-0.15, -0.1) is 0 Å². The topological polar surface area (TPSA) is 34.9 Å². The van der Waals surface area contributed by atoms with E-state index in [-0.39, 0.29) is 5.78 Å². The SMILES string of the molecule is CC(=O)c1cccc2nn(C(C)C)cc12. The number of nitrogens with zero attached hydrogens (tertiary/aromatic N) is 2. The fraction of sp³-hybridized carbons (Fsp3) is 0.333. The Morgan fingerprint density at radius 1 is 1.40 bits per heavy atom. The highest BCUT2D eigenvalue weighted by molar-refractivity contribution is 6.06. The smallest absolute Gasteiger partial charge is 0.160 e. The molecule has 0 aliphatic rings. The number of ketones is 1. The van der Waals surface area contributed by atoms with Crippen LogP contribution in [-0.2, 0) is 0 Å². The standard InChI is InChI=1S/C12H14N2O/c1-8(2)14-7-11-10(9(3)15)5-4-6-12(11)13-14/h4-8H,1-3H3. The van der Waals surface area contributed by atoms with Crippen molar-refractivity contribution in [3.8, 4) is 0 Å². The molecule has 0 saturated heterocycles. The van der Waals surface area contributed by atoms with Crippen molar-refractivity contribution in [3.05, 3.63) is 30.0 Å². The molecular formula is C12H14N2O. The third-order valence-corrected chi connectivity index (χ3v) is 2.48. The molecule has 0 aliphatic heterocycles. The van der Waals surface area contributed by atoms with Crippen molar-refractivity contribution in [2.24, 2.45) is 0 Å². The lowest BCUT2D eigenvalue weighted by Gasteiger charge is -2.02. The van der Waals surface area contributed by atoms with E-state index >= 15 is 0 Å². The number of hydrogen-bond donors (Lipinski definition) is 0. The zero-order chi connectivity index (χ0) is 11.0. The van der Waals surface area contributed by atoms with Crippen LogP contribution in [0.25, 0.3) is 10.9 Å². The van der Waals surface area contributed by atoms with Crippen LogP contribution in [0.1, 0.15) is 37.2 Å². The molecule has 1 aromatic heterocycles. The van der Waals surface area contributed by atoms with Crippen LogP contribution in [0.4, 0.5) is 0 Å². The van der Waals surface area contributed by atoms with Crippen LogP contribution in [0.5, 0.6) is 0 Å². The van der Waals surface area contributed by atoms with Crippen LogP contribution < -0.4 is 0 Å². The Hall–Kier alpha value is -1.64. The van der Waals surface area contributed by atoms with Crippen molar-refractivity contribution >= 4 is 16.7 Å². The summed E-state index contributed by atoms with van der Waals surface area (Å²) in [4.78, 5) is 11.4. The quantitative estimate of drug-likeness (QED) is 0.702. The van der Waals surface area contributed by atoms with E-state index in [1.165, 1.54) is 0 Å². The van der Waals surface area contributed by atoms with E-state index < -0.39 is 0 Å². The summed E-state index contributed by atoms with van der Waals surface area (Å²) in [7, 11) is 0. The molecular weight excluding hydrogens is 188 g/mol. The van der Waals surface area contributed by atoms with Crippen LogP contribution in [0, 0.1) is 0 Å². The highest BCUT2D eigenvalue weighted by atomic mass is 16.1. The van der Waals surface area contributed by atoms with Crippen molar-refractivity contribution in [2.75, 3.05) is 0 Å². The van der Waals surface area contributed by atoms with Gasteiger partial charge in [-0.2, -0.15) is 5.10 Å². The number of aromatic nitrogens is 2. The van der Waals surface area contributed by atoms with Gasteiger partial charge in [-0.3, -0.25) is 9.48 Å². The van der Waals surface area contributed by atoms with Gasteiger partial charge in [-0.05, 0) is 26.8 Å². The minimum atomic E-state index is 0.0870. The van der Waals surface area contributed by atoms with Crippen molar-refractivity contribution in [3.63, 3.8) is 0 Å². The molecule has 1 aromatic carbocycles.